The van der Waals surface area contributed by atoms with Gasteiger partial charge in [-0.15, -0.1) is 11.6 Å². The lowest BCUT2D eigenvalue weighted by Crippen LogP contribution is -2.40. The molecule has 1 aromatic rings. The van der Waals surface area contributed by atoms with E-state index in [1.54, 1.807) is 7.11 Å². The van der Waals surface area contributed by atoms with Crippen LogP contribution in [0.25, 0.3) is 0 Å². The van der Waals surface area contributed by atoms with E-state index in [4.69, 9.17) is 16.3 Å². The second-order valence-electron chi connectivity index (χ2n) is 5.63. The summed E-state index contributed by atoms with van der Waals surface area (Å²) in [5, 5.41) is 3.59. The Morgan fingerprint density at radius 2 is 2.06 bits per heavy atom. The van der Waals surface area contributed by atoms with Gasteiger partial charge in [-0.2, -0.15) is 0 Å². The zero-order valence-corrected chi connectivity index (χ0v) is 12.6. The summed E-state index contributed by atoms with van der Waals surface area (Å²) in [6.07, 6.45) is 0.981. The van der Waals surface area contributed by atoms with Crippen LogP contribution in [0.15, 0.2) is 24.3 Å². The molecule has 18 heavy (non-hydrogen) atoms. The average Bonchev–Trinajstić information content (AvgIpc) is 2.33. The lowest BCUT2D eigenvalue weighted by Gasteiger charge is -2.31. The second kappa shape index (κ2) is 7.01. The quantitative estimate of drug-likeness (QED) is 0.793. The summed E-state index contributed by atoms with van der Waals surface area (Å²) in [5.74, 6) is 1.59. The van der Waals surface area contributed by atoms with Gasteiger partial charge in [-0.3, -0.25) is 0 Å². The number of methoxy groups -OCH3 is 1. The van der Waals surface area contributed by atoms with Gasteiger partial charge < -0.3 is 10.1 Å². The van der Waals surface area contributed by atoms with Crippen LogP contribution in [-0.2, 0) is 6.54 Å². The Morgan fingerprint density at radius 1 is 1.33 bits per heavy atom. The highest BCUT2D eigenvalue weighted by Crippen LogP contribution is 2.23. The number of halogens is 1. The first kappa shape index (κ1) is 15.3. The minimum absolute atomic E-state index is 0.216. The van der Waals surface area contributed by atoms with Crippen molar-refractivity contribution in [1.82, 2.24) is 5.32 Å². The summed E-state index contributed by atoms with van der Waals surface area (Å²) in [4.78, 5) is 0. The second-order valence-corrected chi connectivity index (χ2v) is 6.01. The zero-order chi connectivity index (χ0) is 13.6. The topological polar surface area (TPSA) is 21.3 Å². The van der Waals surface area contributed by atoms with Gasteiger partial charge in [-0.25, -0.2) is 0 Å². The number of ether oxygens (including phenoxy) is 1. The monoisotopic (exact) mass is 269 g/mol. The summed E-state index contributed by atoms with van der Waals surface area (Å²) in [6.45, 7) is 7.56. The van der Waals surface area contributed by atoms with E-state index < -0.39 is 0 Å². The first-order valence-electron chi connectivity index (χ1n) is 6.39. The van der Waals surface area contributed by atoms with Crippen LogP contribution >= 0.6 is 11.6 Å². The molecule has 0 radical (unpaired) electrons. The minimum Gasteiger partial charge on any atom is -0.497 e. The number of rotatable bonds is 6. The van der Waals surface area contributed by atoms with Gasteiger partial charge in [0.15, 0.2) is 0 Å². The van der Waals surface area contributed by atoms with Crippen molar-refractivity contribution in [2.75, 3.05) is 13.0 Å². The number of alkyl halides is 1. The van der Waals surface area contributed by atoms with E-state index in [0.717, 1.165) is 18.7 Å². The molecule has 0 saturated carbocycles. The predicted molar refractivity (Wildman–Crippen MR) is 78.4 cm³/mol. The fourth-order valence-electron chi connectivity index (χ4n) is 1.97. The van der Waals surface area contributed by atoms with Crippen LogP contribution in [0.3, 0.4) is 0 Å². The van der Waals surface area contributed by atoms with E-state index in [-0.39, 0.29) is 5.41 Å². The molecule has 3 heteroatoms. The average molecular weight is 270 g/mol. The fourth-order valence-corrected chi connectivity index (χ4v) is 2.19. The fraction of sp³-hybridized carbons (Fsp3) is 0.600. The molecule has 0 fully saturated rings. The van der Waals surface area contributed by atoms with Gasteiger partial charge in [0.25, 0.3) is 0 Å². The van der Waals surface area contributed by atoms with Crippen molar-refractivity contribution in [2.24, 2.45) is 5.41 Å². The number of hydrogen-bond acceptors (Lipinski definition) is 2. The molecule has 0 saturated heterocycles. The molecule has 102 valence electrons. The molecule has 1 atom stereocenters. The van der Waals surface area contributed by atoms with E-state index in [1.807, 2.05) is 12.1 Å². The maximum Gasteiger partial charge on any atom is 0.119 e. The molecule has 0 aromatic heterocycles. The number of benzene rings is 1. The standard InChI is InChI=1S/C15H24ClNO/c1-15(2,3)14(8-9-16)17-11-12-6-5-7-13(10-12)18-4/h5-7,10,14,17H,8-9,11H2,1-4H3. The van der Waals surface area contributed by atoms with E-state index in [1.165, 1.54) is 5.56 Å². The summed E-state index contributed by atoms with van der Waals surface area (Å²) >= 11 is 5.87. The molecular formula is C15H24ClNO. The summed E-state index contributed by atoms with van der Waals surface area (Å²) < 4.78 is 5.23. The van der Waals surface area contributed by atoms with Crippen molar-refractivity contribution < 1.29 is 4.74 Å². The lowest BCUT2D eigenvalue weighted by atomic mass is 9.85. The van der Waals surface area contributed by atoms with E-state index >= 15 is 0 Å². The van der Waals surface area contributed by atoms with E-state index in [9.17, 15) is 0 Å². The first-order chi connectivity index (χ1) is 8.47. The maximum absolute atomic E-state index is 5.87. The highest BCUT2D eigenvalue weighted by atomic mass is 35.5. The van der Waals surface area contributed by atoms with Crippen LogP contribution in [-0.4, -0.2) is 19.0 Å². The van der Waals surface area contributed by atoms with Crippen LogP contribution in [0.5, 0.6) is 5.75 Å². The highest BCUT2D eigenvalue weighted by molar-refractivity contribution is 6.17. The molecule has 0 aliphatic heterocycles. The molecule has 1 unspecified atom stereocenters. The number of hydrogen-bond donors (Lipinski definition) is 1. The minimum atomic E-state index is 0.216. The molecule has 0 aliphatic carbocycles. The van der Waals surface area contributed by atoms with Crippen LogP contribution in [0.4, 0.5) is 0 Å². The Kier molecular flexibility index (Phi) is 5.97. The van der Waals surface area contributed by atoms with Gasteiger partial charge in [0, 0.05) is 18.5 Å². The first-order valence-corrected chi connectivity index (χ1v) is 6.93. The molecule has 0 spiro atoms. The molecule has 1 aromatic carbocycles. The van der Waals surface area contributed by atoms with Gasteiger partial charge in [0.1, 0.15) is 5.75 Å². The Hall–Kier alpha value is -0.730. The largest absolute Gasteiger partial charge is 0.497 e. The van der Waals surface area contributed by atoms with Crippen molar-refractivity contribution in [3.63, 3.8) is 0 Å². The Labute approximate surface area is 116 Å². The van der Waals surface area contributed by atoms with Crippen LogP contribution in [0.2, 0.25) is 0 Å². The van der Waals surface area contributed by atoms with Crippen LogP contribution in [0, 0.1) is 5.41 Å². The molecule has 0 heterocycles. The van der Waals surface area contributed by atoms with Crippen LogP contribution in [0.1, 0.15) is 32.8 Å². The third kappa shape index (κ3) is 4.87. The third-order valence-corrected chi connectivity index (χ3v) is 3.35. The van der Waals surface area contributed by atoms with Gasteiger partial charge in [-0.1, -0.05) is 32.9 Å². The highest BCUT2D eigenvalue weighted by Gasteiger charge is 2.23. The maximum atomic E-state index is 5.87. The van der Waals surface area contributed by atoms with Gasteiger partial charge in [0.05, 0.1) is 7.11 Å². The molecule has 0 amide bonds. The molecule has 1 N–H and O–H groups in total. The lowest BCUT2D eigenvalue weighted by molar-refractivity contribution is 0.260. The van der Waals surface area contributed by atoms with Crippen LogP contribution < -0.4 is 10.1 Å². The normalized spacial score (nSPS) is 13.4. The summed E-state index contributed by atoms with van der Waals surface area (Å²) in [7, 11) is 1.69. The summed E-state index contributed by atoms with van der Waals surface area (Å²) in [6, 6.07) is 8.57. The van der Waals surface area contributed by atoms with Gasteiger partial charge in [-0.05, 0) is 29.5 Å². The van der Waals surface area contributed by atoms with Crippen molar-refractivity contribution in [1.29, 1.82) is 0 Å². The van der Waals surface area contributed by atoms with E-state index in [2.05, 4.69) is 38.2 Å². The third-order valence-electron chi connectivity index (χ3n) is 3.13. The number of nitrogens with one attached hydrogen (secondary N) is 1. The summed E-state index contributed by atoms with van der Waals surface area (Å²) in [5.41, 5.74) is 1.45. The molecular weight excluding hydrogens is 246 g/mol. The molecule has 2 nitrogen and oxygen atoms in total. The zero-order valence-electron chi connectivity index (χ0n) is 11.8. The van der Waals surface area contributed by atoms with Gasteiger partial charge >= 0.3 is 0 Å². The Bertz CT molecular complexity index is 360. The van der Waals surface area contributed by atoms with Gasteiger partial charge in [0.2, 0.25) is 0 Å². The smallest absolute Gasteiger partial charge is 0.119 e. The van der Waals surface area contributed by atoms with Crippen molar-refractivity contribution in [2.45, 2.75) is 39.8 Å². The Balaban J connectivity index is 2.61. The predicted octanol–water partition coefficient (Wildman–Crippen LogP) is 3.83. The molecule has 1 rings (SSSR count). The van der Waals surface area contributed by atoms with Crippen molar-refractivity contribution in [3.05, 3.63) is 29.8 Å². The van der Waals surface area contributed by atoms with Crippen molar-refractivity contribution in [3.8, 4) is 5.75 Å². The Morgan fingerprint density at radius 3 is 2.61 bits per heavy atom. The molecule has 0 aliphatic rings. The molecule has 0 bridgehead atoms. The van der Waals surface area contributed by atoms with E-state index in [0.29, 0.717) is 11.9 Å². The van der Waals surface area contributed by atoms with Crippen molar-refractivity contribution >= 4 is 11.6 Å². The SMILES string of the molecule is COc1cccc(CNC(CCCl)C(C)(C)C)c1.